The van der Waals surface area contributed by atoms with Gasteiger partial charge in [0.1, 0.15) is 6.61 Å². The molecule has 2 aliphatic rings. The number of piperidine rings is 1. The highest BCUT2D eigenvalue weighted by atomic mass is 16.5. The molecule has 16 heavy (non-hydrogen) atoms. The Morgan fingerprint density at radius 1 is 1.38 bits per heavy atom. The van der Waals surface area contributed by atoms with Gasteiger partial charge in [-0.3, -0.25) is 0 Å². The van der Waals surface area contributed by atoms with Gasteiger partial charge in [0.05, 0.1) is 6.10 Å². The fraction of sp³-hybridized carbons (Fsp3) is 0.818. The summed E-state index contributed by atoms with van der Waals surface area (Å²) in [6.45, 7) is 2.49. The Hall–Kier alpha value is -0.940. The fourth-order valence-corrected chi connectivity index (χ4v) is 1.99. The average molecular weight is 223 g/mol. The zero-order valence-corrected chi connectivity index (χ0v) is 9.32. The molecule has 0 aromatic carbocycles. The minimum absolute atomic E-state index is 0.296. The van der Waals surface area contributed by atoms with Crippen molar-refractivity contribution in [2.24, 2.45) is 0 Å². The maximum Gasteiger partial charge on any atom is 0.252 e. The molecule has 1 aliphatic heterocycles. The summed E-state index contributed by atoms with van der Waals surface area (Å²) < 4.78 is 10.9. The van der Waals surface area contributed by atoms with Gasteiger partial charge in [0.25, 0.3) is 5.89 Å². The van der Waals surface area contributed by atoms with Crippen LogP contribution < -0.4 is 5.32 Å². The predicted octanol–water partition coefficient (Wildman–Crippen LogP) is 1.22. The van der Waals surface area contributed by atoms with Gasteiger partial charge >= 0.3 is 0 Å². The summed E-state index contributed by atoms with van der Waals surface area (Å²) in [6, 6.07) is 0. The van der Waals surface area contributed by atoms with Crippen molar-refractivity contribution < 1.29 is 9.26 Å². The van der Waals surface area contributed by atoms with Crippen LogP contribution in [0.25, 0.3) is 0 Å². The van der Waals surface area contributed by atoms with Gasteiger partial charge in [0.2, 0.25) is 0 Å². The lowest BCUT2D eigenvalue weighted by Gasteiger charge is -2.22. The first-order valence-electron chi connectivity index (χ1n) is 6.06. The second-order valence-corrected chi connectivity index (χ2v) is 4.60. The van der Waals surface area contributed by atoms with Gasteiger partial charge in [-0.1, -0.05) is 5.16 Å². The summed E-state index contributed by atoms with van der Waals surface area (Å²) in [6.07, 6.45) is 5.00. The van der Waals surface area contributed by atoms with E-state index in [0.29, 0.717) is 24.5 Å². The van der Waals surface area contributed by atoms with E-state index in [1.54, 1.807) is 0 Å². The van der Waals surface area contributed by atoms with E-state index >= 15 is 0 Å². The van der Waals surface area contributed by atoms with E-state index in [1.807, 2.05) is 0 Å². The van der Waals surface area contributed by atoms with Crippen LogP contribution in [0.4, 0.5) is 0 Å². The third-order valence-electron chi connectivity index (χ3n) is 3.12. The molecule has 88 valence electrons. The van der Waals surface area contributed by atoms with Gasteiger partial charge in [-0.25, -0.2) is 0 Å². The maximum atomic E-state index is 5.72. The Kier molecular flexibility index (Phi) is 2.88. The van der Waals surface area contributed by atoms with Crippen LogP contribution in [0.5, 0.6) is 0 Å². The first-order valence-corrected chi connectivity index (χ1v) is 6.06. The molecular weight excluding hydrogens is 206 g/mol. The molecule has 1 aromatic rings. The van der Waals surface area contributed by atoms with Gasteiger partial charge < -0.3 is 14.6 Å². The summed E-state index contributed by atoms with van der Waals surface area (Å²) in [5, 5.41) is 7.27. The number of ether oxygens (including phenoxy) is 1. The number of aromatic nitrogens is 2. The number of hydrogen-bond acceptors (Lipinski definition) is 5. The average Bonchev–Trinajstić information content (AvgIpc) is 3.08. The molecule has 3 rings (SSSR count). The Morgan fingerprint density at radius 2 is 2.31 bits per heavy atom. The Labute approximate surface area is 94.6 Å². The molecular formula is C11H17N3O2. The minimum atomic E-state index is 0.296. The summed E-state index contributed by atoms with van der Waals surface area (Å²) in [5.41, 5.74) is 0. The third-order valence-corrected chi connectivity index (χ3v) is 3.12. The Balaban J connectivity index is 1.49. The molecule has 1 atom stereocenters. The first-order chi connectivity index (χ1) is 7.92. The highest BCUT2D eigenvalue weighted by molar-refractivity contribution is 5.02. The highest BCUT2D eigenvalue weighted by Crippen LogP contribution is 2.38. The summed E-state index contributed by atoms with van der Waals surface area (Å²) in [7, 11) is 0. The van der Waals surface area contributed by atoms with Gasteiger partial charge in [-0.2, -0.15) is 4.98 Å². The molecule has 5 nitrogen and oxygen atoms in total. The smallest absolute Gasteiger partial charge is 0.252 e. The van der Waals surface area contributed by atoms with Crippen LogP contribution >= 0.6 is 0 Å². The van der Waals surface area contributed by atoms with Crippen LogP contribution in [0.15, 0.2) is 4.52 Å². The van der Waals surface area contributed by atoms with Gasteiger partial charge in [-0.15, -0.1) is 0 Å². The second kappa shape index (κ2) is 4.51. The van der Waals surface area contributed by atoms with Crippen molar-refractivity contribution in [2.45, 2.75) is 44.3 Å². The Morgan fingerprint density at radius 3 is 3.06 bits per heavy atom. The monoisotopic (exact) mass is 223 g/mol. The van der Waals surface area contributed by atoms with Crippen LogP contribution in [0.1, 0.15) is 43.3 Å². The lowest BCUT2D eigenvalue weighted by molar-refractivity contribution is 0.0124. The molecule has 5 heteroatoms. The zero-order chi connectivity index (χ0) is 10.8. The number of nitrogens with zero attached hydrogens (tertiary/aromatic N) is 2. The molecule has 1 unspecified atom stereocenters. The number of nitrogens with one attached hydrogen (secondary N) is 1. The third kappa shape index (κ3) is 2.41. The molecule has 1 N–H and O–H groups in total. The van der Waals surface area contributed by atoms with Crippen LogP contribution in [-0.4, -0.2) is 29.3 Å². The zero-order valence-electron chi connectivity index (χ0n) is 9.32. The van der Waals surface area contributed by atoms with Gasteiger partial charge in [0, 0.05) is 12.5 Å². The van der Waals surface area contributed by atoms with Crippen LogP contribution in [0.2, 0.25) is 0 Å². The van der Waals surface area contributed by atoms with Gasteiger partial charge in [-0.05, 0) is 32.2 Å². The van der Waals surface area contributed by atoms with Crippen molar-refractivity contribution in [3.63, 3.8) is 0 Å². The van der Waals surface area contributed by atoms with E-state index in [9.17, 15) is 0 Å². The maximum absolute atomic E-state index is 5.72. The summed E-state index contributed by atoms with van der Waals surface area (Å²) in [5.74, 6) is 2.03. The lowest BCUT2D eigenvalue weighted by Crippen LogP contribution is -2.35. The van der Waals surface area contributed by atoms with Crippen molar-refractivity contribution in [1.82, 2.24) is 15.5 Å². The second-order valence-electron chi connectivity index (χ2n) is 4.60. The molecule has 2 heterocycles. The van der Waals surface area contributed by atoms with E-state index in [-0.39, 0.29) is 0 Å². The van der Waals surface area contributed by atoms with Crippen LogP contribution in [0, 0.1) is 0 Å². The largest absolute Gasteiger partial charge is 0.367 e. The number of hydrogen-bond donors (Lipinski definition) is 1. The molecule has 0 spiro atoms. The summed E-state index contributed by atoms with van der Waals surface area (Å²) in [4.78, 5) is 4.33. The highest BCUT2D eigenvalue weighted by Gasteiger charge is 2.28. The molecule has 0 radical (unpaired) electrons. The van der Waals surface area contributed by atoms with Gasteiger partial charge in [0.15, 0.2) is 5.82 Å². The van der Waals surface area contributed by atoms with E-state index in [1.165, 1.54) is 19.3 Å². The fourth-order valence-electron chi connectivity index (χ4n) is 1.99. The van der Waals surface area contributed by atoms with E-state index in [4.69, 9.17) is 9.26 Å². The predicted molar refractivity (Wildman–Crippen MR) is 57.0 cm³/mol. The molecule has 1 saturated heterocycles. The van der Waals surface area contributed by atoms with E-state index in [0.717, 1.165) is 25.3 Å². The normalized spacial score (nSPS) is 25.9. The first kappa shape index (κ1) is 10.2. The minimum Gasteiger partial charge on any atom is -0.367 e. The van der Waals surface area contributed by atoms with Crippen molar-refractivity contribution in [3.05, 3.63) is 11.7 Å². The molecule has 0 amide bonds. The van der Waals surface area contributed by atoms with Crippen molar-refractivity contribution >= 4 is 0 Å². The van der Waals surface area contributed by atoms with E-state index in [2.05, 4.69) is 15.5 Å². The van der Waals surface area contributed by atoms with Crippen molar-refractivity contribution in [2.75, 3.05) is 13.1 Å². The molecule has 2 fully saturated rings. The van der Waals surface area contributed by atoms with Crippen LogP contribution in [-0.2, 0) is 11.3 Å². The Bertz CT molecular complexity index is 343. The SMILES string of the molecule is C1CNCC(OCc2nc(C3CC3)no2)C1. The molecule has 1 saturated carbocycles. The number of rotatable bonds is 4. The quantitative estimate of drug-likeness (QED) is 0.831. The molecule has 1 aliphatic carbocycles. The lowest BCUT2D eigenvalue weighted by atomic mass is 10.1. The van der Waals surface area contributed by atoms with Crippen molar-refractivity contribution in [1.29, 1.82) is 0 Å². The topological polar surface area (TPSA) is 60.2 Å². The van der Waals surface area contributed by atoms with E-state index < -0.39 is 0 Å². The van der Waals surface area contributed by atoms with Crippen molar-refractivity contribution in [3.8, 4) is 0 Å². The standard InChI is InChI=1S/C11H17N3O2/c1-2-9(6-12-5-1)15-7-10-13-11(14-16-10)8-3-4-8/h8-9,12H,1-7H2. The summed E-state index contributed by atoms with van der Waals surface area (Å²) >= 11 is 0. The molecule has 0 bridgehead atoms. The van der Waals surface area contributed by atoms with Crippen LogP contribution in [0.3, 0.4) is 0 Å². The molecule has 1 aromatic heterocycles.